The van der Waals surface area contributed by atoms with Crippen LogP contribution < -0.4 is 9.64 Å². The monoisotopic (exact) mass is 344 g/mol. The predicted molar refractivity (Wildman–Crippen MR) is 93.9 cm³/mol. The molecular formula is C18H20N2O5. The highest BCUT2D eigenvalue weighted by Gasteiger charge is 2.09. The van der Waals surface area contributed by atoms with Gasteiger partial charge < -0.3 is 14.4 Å². The molecule has 0 fully saturated rings. The quantitative estimate of drug-likeness (QED) is 0.395. The van der Waals surface area contributed by atoms with Crippen molar-refractivity contribution in [2.24, 2.45) is 0 Å². The zero-order valence-electron chi connectivity index (χ0n) is 14.0. The minimum absolute atomic E-state index is 0.0319. The summed E-state index contributed by atoms with van der Waals surface area (Å²) >= 11 is 0. The van der Waals surface area contributed by atoms with Crippen molar-refractivity contribution in [2.45, 2.75) is 6.92 Å². The Balaban J connectivity index is 1.72. The summed E-state index contributed by atoms with van der Waals surface area (Å²) in [5.74, 6) is -0.107. The largest absolute Gasteiger partial charge is 0.482 e. The number of likely N-dealkylation sites (N-methyl/N-ethyl adjacent to an activating group) is 1. The number of non-ortho nitro benzene ring substituents is 1. The van der Waals surface area contributed by atoms with Gasteiger partial charge in [0.05, 0.1) is 11.5 Å². The van der Waals surface area contributed by atoms with Gasteiger partial charge in [0.25, 0.3) is 5.69 Å². The molecule has 0 saturated carbocycles. The van der Waals surface area contributed by atoms with Crippen molar-refractivity contribution in [3.63, 3.8) is 0 Å². The van der Waals surface area contributed by atoms with Crippen LogP contribution in [0.4, 0.5) is 11.4 Å². The molecule has 2 aromatic rings. The van der Waals surface area contributed by atoms with Gasteiger partial charge in [-0.3, -0.25) is 10.1 Å². The summed E-state index contributed by atoms with van der Waals surface area (Å²) in [7, 11) is 0. The first-order chi connectivity index (χ1) is 12.1. The maximum atomic E-state index is 11.7. The van der Waals surface area contributed by atoms with Crippen molar-refractivity contribution in [1.82, 2.24) is 0 Å². The van der Waals surface area contributed by atoms with Gasteiger partial charge in [0.2, 0.25) is 0 Å². The molecule has 7 heteroatoms. The normalized spacial score (nSPS) is 10.1. The van der Waals surface area contributed by atoms with Gasteiger partial charge in [-0.05, 0) is 31.2 Å². The fourth-order valence-electron chi connectivity index (χ4n) is 2.23. The summed E-state index contributed by atoms with van der Waals surface area (Å²) in [6.45, 7) is 3.44. The van der Waals surface area contributed by atoms with Crippen molar-refractivity contribution in [3.8, 4) is 5.75 Å². The Bertz CT molecular complexity index is 688. The number of carbonyl (C=O) groups excluding carboxylic acids is 1. The second-order valence-corrected chi connectivity index (χ2v) is 5.18. The minimum atomic E-state index is -0.496. The molecule has 0 saturated heterocycles. The summed E-state index contributed by atoms with van der Waals surface area (Å²) in [5, 5.41) is 10.6. The average molecular weight is 344 g/mol. The van der Waals surface area contributed by atoms with Gasteiger partial charge in [0, 0.05) is 24.4 Å². The van der Waals surface area contributed by atoms with E-state index in [1.54, 1.807) is 0 Å². The molecule has 2 aromatic carbocycles. The number of anilines is 1. The summed E-state index contributed by atoms with van der Waals surface area (Å²) in [5.41, 5.74) is 1.04. The van der Waals surface area contributed by atoms with Crippen LogP contribution in [0, 0.1) is 10.1 Å². The Morgan fingerprint density at radius 3 is 2.40 bits per heavy atom. The first kappa shape index (κ1) is 18.3. The molecule has 0 unspecified atom stereocenters. The zero-order valence-corrected chi connectivity index (χ0v) is 14.0. The third-order valence-corrected chi connectivity index (χ3v) is 3.53. The highest BCUT2D eigenvalue weighted by molar-refractivity contribution is 5.71. The maximum absolute atomic E-state index is 11.7. The molecule has 25 heavy (non-hydrogen) atoms. The molecule has 0 amide bonds. The third-order valence-electron chi connectivity index (χ3n) is 3.53. The lowest BCUT2D eigenvalue weighted by Crippen LogP contribution is -2.28. The molecule has 132 valence electrons. The number of nitro groups is 1. The molecule has 0 atom stereocenters. The van der Waals surface area contributed by atoms with Gasteiger partial charge in [-0.2, -0.15) is 0 Å². The highest BCUT2D eigenvalue weighted by atomic mass is 16.6. The van der Waals surface area contributed by atoms with E-state index in [1.807, 2.05) is 37.3 Å². The van der Waals surface area contributed by atoms with Crippen LogP contribution in [0.25, 0.3) is 0 Å². The number of hydrogen-bond acceptors (Lipinski definition) is 6. The fourth-order valence-corrected chi connectivity index (χ4v) is 2.23. The summed E-state index contributed by atoms with van der Waals surface area (Å²) < 4.78 is 10.4. The van der Waals surface area contributed by atoms with Crippen LogP contribution >= 0.6 is 0 Å². The fraction of sp³-hybridized carbons (Fsp3) is 0.278. The first-order valence-electron chi connectivity index (χ1n) is 7.93. The molecule has 0 aliphatic carbocycles. The lowest BCUT2D eigenvalue weighted by atomic mass is 10.3. The number of ether oxygens (including phenoxy) is 2. The van der Waals surface area contributed by atoms with Crippen molar-refractivity contribution in [1.29, 1.82) is 0 Å². The number of hydrogen-bond donors (Lipinski definition) is 0. The van der Waals surface area contributed by atoms with E-state index in [2.05, 4.69) is 4.90 Å². The van der Waals surface area contributed by atoms with Gasteiger partial charge in [-0.15, -0.1) is 0 Å². The van der Waals surface area contributed by atoms with Crippen LogP contribution in [0.2, 0.25) is 0 Å². The van der Waals surface area contributed by atoms with Crippen molar-refractivity contribution in [2.75, 3.05) is 31.2 Å². The van der Waals surface area contributed by atoms with Crippen molar-refractivity contribution < 1.29 is 19.2 Å². The number of nitro benzene ring substituents is 1. The molecule has 0 aliphatic heterocycles. The van der Waals surface area contributed by atoms with E-state index in [4.69, 9.17) is 9.47 Å². The molecule has 0 N–H and O–H groups in total. The predicted octanol–water partition coefficient (Wildman–Crippen LogP) is 3.04. The van der Waals surface area contributed by atoms with Crippen LogP contribution in [0.3, 0.4) is 0 Å². The van der Waals surface area contributed by atoms with E-state index in [1.165, 1.54) is 24.3 Å². The van der Waals surface area contributed by atoms with Crippen LogP contribution in [-0.2, 0) is 9.53 Å². The first-order valence-corrected chi connectivity index (χ1v) is 7.93. The Morgan fingerprint density at radius 2 is 1.80 bits per heavy atom. The molecule has 0 heterocycles. The van der Waals surface area contributed by atoms with Gasteiger partial charge in [-0.25, -0.2) is 4.79 Å². The van der Waals surface area contributed by atoms with Gasteiger partial charge in [-0.1, -0.05) is 18.2 Å². The molecule has 2 rings (SSSR count). The van der Waals surface area contributed by atoms with Crippen LogP contribution in [0.15, 0.2) is 54.6 Å². The standard InChI is InChI=1S/C18H20N2O5/c1-2-19(15-6-4-3-5-7-15)12-13-24-18(21)14-25-17-10-8-16(9-11-17)20(22)23/h3-11H,2,12-14H2,1H3. The number of rotatable bonds is 9. The summed E-state index contributed by atoms with van der Waals surface area (Å²) in [4.78, 5) is 23.9. The SMILES string of the molecule is CCN(CCOC(=O)COc1ccc([N+](=O)[O-])cc1)c1ccccc1. The second kappa shape index (κ2) is 9.27. The lowest BCUT2D eigenvalue weighted by Gasteiger charge is -2.22. The molecule has 0 spiro atoms. The number of nitrogens with zero attached hydrogens (tertiary/aromatic N) is 2. The number of benzene rings is 2. The Kier molecular flexibility index (Phi) is 6.76. The van der Waals surface area contributed by atoms with Crippen molar-refractivity contribution >= 4 is 17.3 Å². The van der Waals surface area contributed by atoms with E-state index in [9.17, 15) is 14.9 Å². The highest BCUT2D eigenvalue weighted by Crippen LogP contribution is 2.17. The van der Waals surface area contributed by atoms with E-state index >= 15 is 0 Å². The summed E-state index contributed by atoms with van der Waals surface area (Å²) in [6, 6.07) is 15.4. The molecule has 0 bridgehead atoms. The van der Waals surface area contributed by atoms with Gasteiger partial charge in [0.15, 0.2) is 6.61 Å². The van der Waals surface area contributed by atoms with E-state index in [0.29, 0.717) is 12.3 Å². The molecular weight excluding hydrogens is 324 g/mol. The minimum Gasteiger partial charge on any atom is -0.482 e. The molecule has 0 radical (unpaired) electrons. The van der Waals surface area contributed by atoms with Crippen molar-refractivity contribution in [3.05, 3.63) is 64.7 Å². The third kappa shape index (κ3) is 5.80. The van der Waals surface area contributed by atoms with Crippen LogP contribution in [0.1, 0.15) is 6.92 Å². The van der Waals surface area contributed by atoms with E-state index in [0.717, 1.165) is 12.2 Å². The number of esters is 1. The Labute approximate surface area is 145 Å². The van der Waals surface area contributed by atoms with Gasteiger partial charge in [0.1, 0.15) is 12.4 Å². The molecule has 0 aromatic heterocycles. The lowest BCUT2D eigenvalue weighted by molar-refractivity contribution is -0.384. The van der Waals surface area contributed by atoms with E-state index in [-0.39, 0.29) is 18.9 Å². The second-order valence-electron chi connectivity index (χ2n) is 5.18. The Morgan fingerprint density at radius 1 is 1.12 bits per heavy atom. The topological polar surface area (TPSA) is 81.9 Å². The van der Waals surface area contributed by atoms with Gasteiger partial charge >= 0.3 is 5.97 Å². The van der Waals surface area contributed by atoms with Crippen LogP contribution in [-0.4, -0.2) is 37.2 Å². The number of carbonyl (C=O) groups is 1. The summed E-state index contributed by atoms with van der Waals surface area (Å²) in [6.07, 6.45) is 0. The number of para-hydroxylation sites is 1. The Hall–Kier alpha value is -3.09. The molecule has 0 aliphatic rings. The average Bonchev–Trinajstić information content (AvgIpc) is 2.64. The molecule has 7 nitrogen and oxygen atoms in total. The smallest absolute Gasteiger partial charge is 0.344 e. The maximum Gasteiger partial charge on any atom is 0.344 e. The zero-order chi connectivity index (χ0) is 18.1. The van der Waals surface area contributed by atoms with E-state index < -0.39 is 10.9 Å². The van der Waals surface area contributed by atoms with Crippen LogP contribution in [0.5, 0.6) is 5.75 Å².